The largest absolute Gasteiger partial charge is 0.387 e. The number of oxime groups is 1. The van der Waals surface area contributed by atoms with Gasteiger partial charge in [-0.1, -0.05) is 45.8 Å². The second-order valence-electron chi connectivity index (χ2n) is 3.53. The van der Waals surface area contributed by atoms with Gasteiger partial charge >= 0.3 is 0 Å². The smallest absolute Gasteiger partial charge is 0.256 e. The second-order valence-corrected chi connectivity index (χ2v) is 5.41. The van der Waals surface area contributed by atoms with Crippen LogP contribution in [-0.4, -0.2) is 15.9 Å². The molecule has 2 aromatic rings. The fourth-order valence-electron chi connectivity index (χ4n) is 1.33. The van der Waals surface area contributed by atoms with Crippen LogP contribution in [0, 0.1) is 22.7 Å². The van der Waals surface area contributed by atoms with Crippen LogP contribution in [0.4, 0.5) is 0 Å². The molecule has 104 valence electrons. The molecule has 0 N–H and O–H groups in total. The summed E-state index contributed by atoms with van der Waals surface area (Å²) in [6.07, 6.45) is 0. The molecule has 0 spiro atoms. The minimum absolute atomic E-state index is 0.00734. The van der Waals surface area contributed by atoms with Crippen molar-refractivity contribution in [3.8, 4) is 22.7 Å². The Morgan fingerprint density at radius 2 is 1.90 bits per heavy atom. The molecular weight excluding hydrogens is 333 g/mol. The zero-order valence-corrected chi connectivity index (χ0v) is 12.6. The molecule has 0 unspecified atom stereocenters. The first-order valence-corrected chi connectivity index (χ1v) is 7.00. The molecular formula is C12H5Cl2N5OS. The molecule has 1 aromatic carbocycles. The van der Waals surface area contributed by atoms with Crippen molar-refractivity contribution in [3.05, 3.63) is 33.3 Å². The first-order chi connectivity index (χ1) is 10.2. The van der Waals surface area contributed by atoms with Crippen molar-refractivity contribution >= 4 is 40.3 Å². The van der Waals surface area contributed by atoms with Crippen molar-refractivity contribution in [2.45, 2.75) is 6.61 Å². The SMILES string of the molecule is N#CC(C#N)=NOCc1nnc(-c2c(Cl)cccc2Cl)s1. The van der Waals surface area contributed by atoms with Gasteiger partial charge in [-0.25, -0.2) is 0 Å². The summed E-state index contributed by atoms with van der Waals surface area (Å²) in [5.41, 5.74) is 0.233. The van der Waals surface area contributed by atoms with E-state index in [1.165, 1.54) is 11.3 Å². The number of rotatable bonds is 4. The highest BCUT2D eigenvalue weighted by molar-refractivity contribution is 7.14. The number of halogens is 2. The van der Waals surface area contributed by atoms with Crippen LogP contribution in [-0.2, 0) is 11.4 Å². The molecule has 1 heterocycles. The highest BCUT2D eigenvalue weighted by atomic mass is 35.5. The van der Waals surface area contributed by atoms with Gasteiger partial charge in [0.1, 0.15) is 12.1 Å². The topological polar surface area (TPSA) is 95.0 Å². The molecule has 2 rings (SSSR count). The van der Waals surface area contributed by atoms with Gasteiger partial charge in [0.05, 0.1) is 10.0 Å². The van der Waals surface area contributed by atoms with E-state index >= 15 is 0 Å². The lowest BCUT2D eigenvalue weighted by Gasteiger charge is -2.01. The van der Waals surface area contributed by atoms with E-state index in [1.807, 2.05) is 0 Å². The van der Waals surface area contributed by atoms with Crippen LogP contribution in [0.15, 0.2) is 23.4 Å². The summed E-state index contributed by atoms with van der Waals surface area (Å²) < 4.78 is 0. The van der Waals surface area contributed by atoms with Gasteiger partial charge in [0.2, 0.25) is 0 Å². The monoisotopic (exact) mass is 337 g/mol. The van der Waals surface area contributed by atoms with E-state index in [4.69, 9.17) is 38.6 Å². The van der Waals surface area contributed by atoms with Gasteiger partial charge in [0.15, 0.2) is 16.6 Å². The van der Waals surface area contributed by atoms with Crippen molar-refractivity contribution < 1.29 is 4.84 Å². The van der Waals surface area contributed by atoms with Crippen molar-refractivity contribution in [2.24, 2.45) is 5.16 Å². The number of nitriles is 2. The van der Waals surface area contributed by atoms with Gasteiger partial charge < -0.3 is 4.84 Å². The summed E-state index contributed by atoms with van der Waals surface area (Å²) in [6, 6.07) is 8.31. The predicted octanol–water partition coefficient (Wildman–Crippen LogP) is 3.43. The average molecular weight is 338 g/mol. The summed E-state index contributed by atoms with van der Waals surface area (Å²) in [7, 11) is 0. The molecule has 0 saturated heterocycles. The van der Waals surface area contributed by atoms with E-state index in [-0.39, 0.29) is 12.3 Å². The normalized spacial score (nSPS) is 9.52. The summed E-state index contributed by atoms with van der Waals surface area (Å²) in [5.74, 6) is 0. The number of hydrogen-bond donors (Lipinski definition) is 0. The molecule has 0 atom stereocenters. The van der Waals surface area contributed by atoms with E-state index in [2.05, 4.69) is 15.4 Å². The third kappa shape index (κ3) is 3.67. The fraction of sp³-hybridized carbons (Fsp3) is 0.0833. The molecule has 0 aliphatic carbocycles. The maximum atomic E-state index is 8.50. The van der Waals surface area contributed by atoms with Crippen LogP contribution in [0.5, 0.6) is 0 Å². The Morgan fingerprint density at radius 3 is 2.52 bits per heavy atom. The van der Waals surface area contributed by atoms with Crippen LogP contribution < -0.4 is 0 Å². The third-order valence-electron chi connectivity index (χ3n) is 2.20. The Balaban J connectivity index is 2.15. The Hall–Kier alpha value is -2.19. The lowest BCUT2D eigenvalue weighted by molar-refractivity contribution is 0.130. The Bertz CT molecular complexity index is 738. The van der Waals surface area contributed by atoms with Crippen LogP contribution in [0.25, 0.3) is 10.6 Å². The molecule has 6 nitrogen and oxygen atoms in total. The highest BCUT2D eigenvalue weighted by Gasteiger charge is 2.14. The summed E-state index contributed by atoms with van der Waals surface area (Å²) in [6.45, 7) is -0.00734. The minimum Gasteiger partial charge on any atom is -0.387 e. The third-order valence-corrected chi connectivity index (χ3v) is 3.74. The molecule has 0 radical (unpaired) electrons. The van der Waals surface area contributed by atoms with Crippen molar-refractivity contribution in [2.75, 3.05) is 0 Å². The summed E-state index contributed by atoms with van der Waals surface area (Å²) in [4.78, 5) is 4.86. The van der Waals surface area contributed by atoms with Gasteiger partial charge in [-0.2, -0.15) is 10.5 Å². The van der Waals surface area contributed by atoms with Crippen molar-refractivity contribution in [1.82, 2.24) is 10.2 Å². The molecule has 21 heavy (non-hydrogen) atoms. The Morgan fingerprint density at radius 1 is 1.24 bits per heavy atom. The minimum atomic E-state index is -0.367. The fourth-order valence-corrected chi connectivity index (χ4v) is 2.84. The summed E-state index contributed by atoms with van der Waals surface area (Å²) in [5, 5.41) is 30.3. The highest BCUT2D eigenvalue weighted by Crippen LogP contribution is 2.36. The first kappa shape index (κ1) is 15.2. The van der Waals surface area contributed by atoms with Crippen molar-refractivity contribution in [1.29, 1.82) is 10.5 Å². The van der Waals surface area contributed by atoms with Crippen LogP contribution >= 0.6 is 34.5 Å². The lowest BCUT2D eigenvalue weighted by atomic mass is 10.2. The molecule has 0 bridgehead atoms. The summed E-state index contributed by atoms with van der Waals surface area (Å²) >= 11 is 13.4. The number of aromatic nitrogens is 2. The van der Waals surface area contributed by atoms with Crippen LogP contribution in [0.3, 0.4) is 0 Å². The van der Waals surface area contributed by atoms with Crippen molar-refractivity contribution in [3.63, 3.8) is 0 Å². The van der Waals surface area contributed by atoms with Gasteiger partial charge in [-0.05, 0) is 12.1 Å². The van der Waals surface area contributed by atoms with E-state index in [0.717, 1.165) is 0 Å². The predicted molar refractivity (Wildman–Crippen MR) is 78.8 cm³/mol. The zero-order valence-electron chi connectivity index (χ0n) is 10.2. The van der Waals surface area contributed by atoms with E-state index in [0.29, 0.717) is 25.6 Å². The molecule has 1 aromatic heterocycles. The number of benzene rings is 1. The zero-order chi connectivity index (χ0) is 15.2. The van der Waals surface area contributed by atoms with E-state index in [9.17, 15) is 0 Å². The van der Waals surface area contributed by atoms with E-state index in [1.54, 1.807) is 30.3 Å². The van der Waals surface area contributed by atoms with Crippen LogP contribution in [0.2, 0.25) is 10.0 Å². The van der Waals surface area contributed by atoms with E-state index < -0.39 is 0 Å². The molecule has 0 saturated carbocycles. The molecule has 0 aliphatic rings. The maximum Gasteiger partial charge on any atom is 0.256 e. The standard InChI is InChI=1S/C12H5Cl2N5OS/c13-8-2-1-3-9(14)11(8)12-18-17-10(21-12)6-20-19-7(4-15)5-16/h1-3H,6H2. The van der Waals surface area contributed by atoms with Crippen LogP contribution in [0.1, 0.15) is 5.01 Å². The second kappa shape index (κ2) is 7.00. The van der Waals surface area contributed by atoms with Gasteiger partial charge in [-0.3, -0.25) is 0 Å². The molecule has 9 heteroatoms. The number of nitrogens with zero attached hydrogens (tertiary/aromatic N) is 5. The first-order valence-electron chi connectivity index (χ1n) is 5.42. The Kier molecular flexibility index (Phi) is 5.07. The molecule has 0 amide bonds. The quantitative estimate of drug-likeness (QED) is 0.629. The Labute approximate surface area is 133 Å². The lowest BCUT2D eigenvalue weighted by Crippen LogP contribution is -1.92. The average Bonchev–Trinajstić information content (AvgIpc) is 2.92. The van der Waals surface area contributed by atoms with Gasteiger partial charge in [0, 0.05) is 5.56 Å². The van der Waals surface area contributed by atoms with Gasteiger partial charge in [-0.15, -0.1) is 10.2 Å². The number of hydrogen-bond acceptors (Lipinski definition) is 7. The maximum absolute atomic E-state index is 8.50. The van der Waals surface area contributed by atoms with Gasteiger partial charge in [0.25, 0.3) is 5.71 Å². The molecule has 0 fully saturated rings. The molecule has 0 aliphatic heterocycles.